The fourth-order valence-electron chi connectivity index (χ4n) is 2.12. The molecule has 2 heteroatoms. The molecule has 2 N–H and O–H groups in total. The quantitative estimate of drug-likeness (QED) is 0.775. The van der Waals surface area contributed by atoms with Crippen LogP contribution in [0.5, 0.6) is 0 Å². The van der Waals surface area contributed by atoms with E-state index in [0.29, 0.717) is 6.04 Å². The van der Waals surface area contributed by atoms with Gasteiger partial charge in [0.25, 0.3) is 0 Å². The van der Waals surface area contributed by atoms with E-state index in [9.17, 15) is 0 Å². The maximum Gasteiger partial charge on any atom is 0.0208 e. The third-order valence-electron chi connectivity index (χ3n) is 2.94. The molecule has 0 saturated heterocycles. The van der Waals surface area contributed by atoms with Crippen molar-refractivity contribution in [1.82, 2.24) is 10.6 Å². The third kappa shape index (κ3) is 6.18. The first-order chi connectivity index (χ1) is 8.47. The van der Waals surface area contributed by atoms with Crippen molar-refractivity contribution in [2.75, 3.05) is 13.1 Å². The van der Waals surface area contributed by atoms with Crippen LogP contribution in [0.2, 0.25) is 0 Å². The van der Waals surface area contributed by atoms with Crippen molar-refractivity contribution in [2.45, 2.75) is 47.2 Å². The SMILES string of the molecule is Cc1cc(C)cc(CNC(C)CNCC(C)C)c1. The van der Waals surface area contributed by atoms with Crippen molar-refractivity contribution in [2.24, 2.45) is 5.92 Å². The summed E-state index contributed by atoms with van der Waals surface area (Å²) in [6, 6.07) is 7.24. The molecule has 2 nitrogen and oxygen atoms in total. The number of hydrogen-bond donors (Lipinski definition) is 2. The van der Waals surface area contributed by atoms with Gasteiger partial charge in [0.15, 0.2) is 0 Å². The van der Waals surface area contributed by atoms with Crippen LogP contribution in [0.25, 0.3) is 0 Å². The van der Waals surface area contributed by atoms with Crippen LogP contribution in [-0.2, 0) is 6.54 Å². The van der Waals surface area contributed by atoms with Crippen LogP contribution in [0.4, 0.5) is 0 Å². The zero-order chi connectivity index (χ0) is 13.5. The Morgan fingerprint density at radius 1 is 0.944 bits per heavy atom. The van der Waals surface area contributed by atoms with E-state index in [1.807, 2.05) is 0 Å². The predicted octanol–water partition coefficient (Wildman–Crippen LogP) is 3.03. The number of benzene rings is 1. The molecular weight excluding hydrogens is 220 g/mol. The molecule has 0 spiro atoms. The van der Waals surface area contributed by atoms with Crippen LogP contribution in [0, 0.1) is 19.8 Å². The van der Waals surface area contributed by atoms with Gasteiger partial charge >= 0.3 is 0 Å². The highest BCUT2D eigenvalue weighted by atomic mass is 15.0. The van der Waals surface area contributed by atoms with Gasteiger partial charge in [0, 0.05) is 19.1 Å². The number of rotatable bonds is 7. The van der Waals surface area contributed by atoms with Crippen molar-refractivity contribution in [1.29, 1.82) is 0 Å². The second kappa shape index (κ2) is 7.55. The van der Waals surface area contributed by atoms with Gasteiger partial charge in [-0.1, -0.05) is 43.2 Å². The summed E-state index contributed by atoms with van der Waals surface area (Å²) in [5.41, 5.74) is 4.07. The van der Waals surface area contributed by atoms with Gasteiger partial charge < -0.3 is 10.6 Å². The normalized spacial score (nSPS) is 13.0. The molecule has 0 fully saturated rings. The summed E-state index contributed by atoms with van der Waals surface area (Å²) in [5, 5.41) is 7.05. The van der Waals surface area contributed by atoms with Gasteiger partial charge in [-0.3, -0.25) is 0 Å². The molecule has 1 atom stereocenters. The number of nitrogens with one attached hydrogen (secondary N) is 2. The van der Waals surface area contributed by atoms with Crippen LogP contribution in [0.3, 0.4) is 0 Å². The van der Waals surface area contributed by atoms with Crippen LogP contribution in [0.1, 0.15) is 37.5 Å². The minimum Gasteiger partial charge on any atom is -0.315 e. The summed E-state index contributed by atoms with van der Waals surface area (Å²) in [5.74, 6) is 0.719. The highest BCUT2D eigenvalue weighted by Crippen LogP contribution is 2.08. The Bertz CT molecular complexity index is 338. The van der Waals surface area contributed by atoms with E-state index in [4.69, 9.17) is 0 Å². The fraction of sp³-hybridized carbons (Fsp3) is 0.625. The fourth-order valence-corrected chi connectivity index (χ4v) is 2.12. The molecule has 0 aliphatic rings. The molecule has 0 aliphatic heterocycles. The van der Waals surface area contributed by atoms with E-state index in [2.05, 4.69) is 63.5 Å². The Balaban J connectivity index is 2.31. The Hall–Kier alpha value is -0.860. The highest BCUT2D eigenvalue weighted by molar-refractivity contribution is 5.28. The molecule has 1 unspecified atom stereocenters. The zero-order valence-corrected chi connectivity index (χ0v) is 12.5. The van der Waals surface area contributed by atoms with Gasteiger partial charge in [-0.2, -0.15) is 0 Å². The standard InChI is InChI=1S/C16H28N2/c1-12(2)9-17-10-15(5)18-11-16-7-13(3)6-14(4)8-16/h6-8,12,15,17-18H,9-11H2,1-5H3. The van der Waals surface area contributed by atoms with E-state index in [-0.39, 0.29) is 0 Å². The molecular formula is C16H28N2. The zero-order valence-electron chi connectivity index (χ0n) is 12.5. The third-order valence-corrected chi connectivity index (χ3v) is 2.94. The minimum atomic E-state index is 0.504. The molecule has 1 aromatic carbocycles. The van der Waals surface area contributed by atoms with Gasteiger partial charge in [0.05, 0.1) is 0 Å². The van der Waals surface area contributed by atoms with Gasteiger partial charge in [-0.15, -0.1) is 0 Å². The summed E-state index contributed by atoms with van der Waals surface area (Å²) in [6.45, 7) is 14.1. The Labute approximate surface area is 112 Å². The maximum absolute atomic E-state index is 3.56. The number of aryl methyl sites for hydroxylation is 2. The van der Waals surface area contributed by atoms with Crippen LogP contribution in [-0.4, -0.2) is 19.1 Å². The number of hydrogen-bond acceptors (Lipinski definition) is 2. The molecule has 102 valence electrons. The Morgan fingerprint density at radius 3 is 2.11 bits per heavy atom. The van der Waals surface area contributed by atoms with E-state index < -0.39 is 0 Å². The molecule has 18 heavy (non-hydrogen) atoms. The van der Waals surface area contributed by atoms with E-state index >= 15 is 0 Å². The Morgan fingerprint density at radius 2 is 1.56 bits per heavy atom. The Kier molecular flexibility index (Phi) is 6.37. The molecule has 0 heterocycles. The smallest absolute Gasteiger partial charge is 0.0208 e. The van der Waals surface area contributed by atoms with Crippen molar-refractivity contribution in [3.63, 3.8) is 0 Å². The lowest BCUT2D eigenvalue weighted by atomic mass is 10.1. The summed E-state index contributed by atoms with van der Waals surface area (Å²) in [7, 11) is 0. The predicted molar refractivity (Wildman–Crippen MR) is 79.9 cm³/mol. The molecule has 0 aliphatic carbocycles. The molecule has 0 amide bonds. The van der Waals surface area contributed by atoms with Crippen molar-refractivity contribution in [3.05, 3.63) is 34.9 Å². The lowest BCUT2D eigenvalue weighted by molar-refractivity contribution is 0.472. The van der Waals surface area contributed by atoms with Gasteiger partial charge in [0.1, 0.15) is 0 Å². The second-order valence-corrected chi connectivity index (χ2v) is 5.83. The van der Waals surface area contributed by atoms with Gasteiger partial charge in [-0.05, 0) is 38.8 Å². The maximum atomic E-state index is 3.56. The summed E-state index contributed by atoms with van der Waals surface area (Å²) < 4.78 is 0. The minimum absolute atomic E-state index is 0.504. The monoisotopic (exact) mass is 248 g/mol. The van der Waals surface area contributed by atoms with E-state index in [1.54, 1.807) is 0 Å². The average Bonchev–Trinajstić information content (AvgIpc) is 2.24. The lowest BCUT2D eigenvalue weighted by Gasteiger charge is -2.16. The molecule has 0 bridgehead atoms. The van der Waals surface area contributed by atoms with Crippen molar-refractivity contribution >= 4 is 0 Å². The van der Waals surface area contributed by atoms with Crippen molar-refractivity contribution in [3.8, 4) is 0 Å². The highest BCUT2D eigenvalue weighted by Gasteiger charge is 2.02. The van der Waals surface area contributed by atoms with E-state index in [0.717, 1.165) is 25.6 Å². The molecule has 1 aromatic rings. The van der Waals surface area contributed by atoms with Crippen LogP contribution in [0.15, 0.2) is 18.2 Å². The van der Waals surface area contributed by atoms with E-state index in [1.165, 1.54) is 16.7 Å². The second-order valence-electron chi connectivity index (χ2n) is 5.83. The summed E-state index contributed by atoms with van der Waals surface area (Å²) in [4.78, 5) is 0. The van der Waals surface area contributed by atoms with Crippen LogP contribution >= 0.6 is 0 Å². The molecule has 0 aromatic heterocycles. The first kappa shape index (κ1) is 15.2. The first-order valence-electron chi connectivity index (χ1n) is 6.98. The molecule has 1 rings (SSSR count). The topological polar surface area (TPSA) is 24.1 Å². The average molecular weight is 248 g/mol. The first-order valence-corrected chi connectivity index (χ1v) is 6.98. The molecule has 0 saturated carbocycles. The lowest BCUT2D eigenvalue weighted by Crippen LogP contribution is -2.37. The van der Waals surface area contributed by atoms with Gasteiger partial charge in [0.2, 0.25) is 0 Å². The van der Waals surface area contributed by atoms with Crippen molar-refractivity contribution < 1.29 is 0 Å². The van der Waals surface area contributed by atoms with Gasteiger partial charge in [-0.25, -0.2) is 0 Å². The largest absolute Gasteiger partial charge is 0.315 e. The summed E-state index contributed by atoms with van der Waals surface area (Å²) >= 11 is 0. The summed E-state index contributed by atoms with van der Waals surface area (Å²) in [6.07, 6.45) is 0. The molecule has 0 radical (unpaired) electrons. The van der Waals surface area contributed by atoms with Crippen LogP contribution < -0.4 is 10.6 Å².